The highest BCUT2D eigenvalue weighted by Gasteiger charge is 2.32. The van der Waals surface area contributed by atoms with Gasteiger partial charge in [-0.1, -0.05) is 36.4 Å². The van der Waals surface area contributed by atoms with Crippen molar-refractivity contribution in [1.29, 1.82) is 0 Å². The Labute approximate surface area is 162 Å². The third-order valence-electron chi connectivity index (χ3n) is 5.36. The Bertz CT molecular complexity index is 1040. The van der Waals surface area contributed by atoms with E-state index in [1.54, 1.807) is 23.1 Å². The minimum absolute atomic E-state index is 0.0563. The third-order valence-corrected chi connectivity index (χ3v) is 5.36. The lowest BCUT2D eigenvalue weighted by atomic mass is 10.1. The molecule has 0 aliphatic carbocycles. The second-order valence-electron chi connectivity index (χ2n) is 7.16. The number of hydrogen-bond donors (Lipinski definition) is 1. The van der Waals surface area contributed by atoms with E-state index in [0.29, 0.717) is 24.2 Å². The van der Waals surface area contributed by atoms with Crippen LogP contribution in [0.2, 0.25) is 0 Å². The van der Waals surface area contributed by atoms with E-state index in [1.807, 2.05) is 34.9 Å². The highest BCUT2D eigenvalue weighted by Crippen LogP contribution is 2.27. The number of carboxylic acids is 1. The summed E-state index contributed by atoms with van der Waals surface area (Å²) >= 11 is 0. The normalized spacial score (nSPS) is 16.6. The lowest BCUT2D eigenvalue weighted by Gasteiger charge is -2.24. The first kappa shape index (κ1) is 18.2. The molecule has 1 aromatic heterocycles. The summed E-state index contributed by atoms with van der Waals surface area (Å²) in [6, 6.07) is 15.7. The van der Waals surface area contributed by atoms with Crippen molar-refractivity contribution >= 4 is 22.8 Å². The molecule has 144 valence electrons. The van der Waals surface area contributed by atoms with E-state index >= 15 is 0 Å². The second-order valence-corrected chi connectivity index (χ2v) is 7.16. The number of nitrogens with zero attached hydrogens (tertiary/aromatic N) is 2. The first-order valence-electron chi connectivity index (χ1n) is 9.39. The quantitative estimate of drug-likeness (QED) is 0.730. The van der Waals surface area contributed by atoms with Gasteiger partial charge in [0, 0.05) is 29.1 Å². The minimum Gasteiger partial charge on any atom is -0.481 e. The highest BCUT2D eigenvalue weighted by atomic mass is 19.1. The number of carboxylic acid groups (broad SMARTS) is 1. The fourth-order valence-electron chi connectivity index (χ4n) is 4.02. The largest absolute Gasteiger partial charge is 0.481 e. The number of rotatable bonds is 5. The molecule has 1 unspecified atom stereocenters. The van der Waals surface area contributed by atoms with E-state index in [0.717, 1.165) is 17.3 Å². The standard InChI is InChI=1S/C22H21FN2O3/c23-18-9-3-1-7-16(18)14-25-19-10-4-2-6-15(19)12-20(25)22(28)24-11-5-8-17(24)13-21(26)27/h1-4,6-7,9-10,12,17H,5,8,11,13-14H2,(H,26,27). The van der Waals surface area contributed by atoms with Crippen LogP contribution in [-0.4, -0.2) is 39.0 Å². The summed E-state index contributed by atoms with van der Waals surface area (Å²) in [4.78, 5) is 26.1. The first-order valence-corrected chi connectivity index (χ1v) is 9.39. The number of hydrogen-bond acceptors (Lipinski definition) is 2. The van der Waals surface area contributed by atoms with Gasteiger partial charge in [-0.15, -0.1) is 0 Å². The number of aliphatic carboxylic acids is 1. The van der Waals surface area contributed by atoms with Gasteiger partial charge in [-0.25, -0.2) is 4.39 Å². The fraction of sp³-hybridized carbons (Fsp3) is 0.273. The van der Waals surface area contributed by atoms with Crippen LogP contribution in [0.1, 0.15) is 35.3 Å². The van der Waals surface area contributed by atoms with Crippen LogP contribution in [0, 0.1) is 5.82 Å². The highest BCUT2D eigenvalue weighted by molar-refractivity contribution is 5.99. The molecule has 6 heteroatoms. The van der Waals surface area contributed by atoms with Gasteiger partial charge in [0.25, 0.3) is 5.91 Å². The SMILES string of the molecule is O=C(O)CC1CCCN1C(=O)c1cc2ccccc2n1Cc1ccccc1F. The molecule has 5 nitrogen and oxygen atoms in total. The summed E-state index contributed by atoms with van der Waals surface area (Å²) in [6.07, 6.45) is 1.42. The number of carbonyl (C=O) groups excluding carboxylic acids is 1. The van der Waals surface area contributed by atoms with Crippen molar-refractivity contribution in [1.82, 2.24) is 9.47 Å². The van der Waals surface area contributed by atoms with Crippen LogP contribution in [0.4, 0.5) is 4.39 Å². The van der Waals surface area contributed by atoms with Gasteiger partial charge >= 0.3 is 5.97 Å². The van der Waals surface area contributed by atoms with E-state index in [9.17, 15) is 14.0 Å². The molecule has 1 aliphatic rings. The Morgan fingerprint density at radius 3 is 2.64 bits per heavy atom. The average molecular weight is 380 g/mol. The zero-order chi connectivity index (χ0) is 19.7. The van der Waals surface area contributed by atoms with Crippen molar-refractivity contribution in [2.75, 3.05) is 6.54 Å². The van der Waals surface area contributed by atoms with Gasteiger partial charge in [-0.05, 0) is 31.0 Å². The topological polar surface area (TPSA) is 62.5 Å². The molecular weight excluding hydrogens is 359 g/mol. The van der Waals surface area contributed by atoms with E-state index in [4.69, 9.17) is 5.11 Å². The van der Waals surface area contributed by atoms with E-state index < -0.39 is 5.97 Å². The molecule has 2 aromatic carbocycles. The molecule has 1 aliphatic heterocycles. The van der Waals surface area contributed by atoms with Gasteiger partial charge in [0.05, 0.1) is 13.0 Å². The van der Waals surface area contributed by atoms with Crippen molar-refractivity contribution in [3.63, 3.8) is 0 Å². The number of benzene rings is 2. The van der Waals surface area contributed by atoms with Gasteiger partial charge in [0.1, 0.15) is 11.5 Å². The Hall–Kier alpha value is -3.15. The van der Waals surface area contributed by atoms with Crippen LogP contribution in [0.5, 0.6) is 0 Å². The number of likely N-dealkylation sites (tertiary alicyclic amines) is 1. The monoisotopic (exact) mass is 380 g/mol. The van der Waals surface area contributed by atoms with Gasteiger partial charge in [-0.3, -0.25) is 9.59 Å². The molecule has 3 aromatic rings. The summed E-state index contributed by atoms with van der Waals surface area (Å²) in [5.41, 5.74) is 1.81. The van der Waals surface area contributed by atoms with E-state index in [2.05, 4.69) is 0 Å². The Morgan fingerprint density at radius 1 is 1.11 bits per heavy atom. The third kappa shape index (κ3) is 3.38. The molecule has 0 saturated carbocycles. The summed E-state index contributed by atoms with van der Waals surface area (Å²) in [5.74, 6) is -1.42. The second kappa shape index (κ2) is 7.46. The molecule has 1 atom stereocenters. The van der Waals surface area contributed by atoms with Crippen LogP contribution in [0.3, 0.4) is 0 Å². The maximum Gasteiger partial charge on any atom is 0.305 e. The number of halogens is 1. The smallest absolute Gasteiger partial charge is 0.305 e. The Kier molecular flexibility index (Phi) is 4.86. The average Bonchev–Trinajstić information content (AvgIpc) is 3.27. The lowest BCUT2D eigenvalue weighted by Crippen LogP contribution is -2.37. The molecular formula is C22H21FN2O3. The number of aromatic nitrogens is 1. The van der Waals surface area contributed by atoms with Crippen LogP contribution in [0.15, 0.2) is 54.6 Å². The number of carbonyl (C=O) groups is 2. The predicted molar refractivity (Wildman–Crippen MR) is 104 cm³/mol. The zero-order valence-electron chi connectivity index (χ0n) is 15.3. The van der Waals surface area contributed by atoms with Crippen molar-refractivity contribution in [3.8, 4) is 0 Å². The molecule has 0 spiro atoms. The Balaban J connectivity index is 1.75. The molecule has 1 fully saturated rings. The Morgan fingerprint density at radius 2 is 1.86 bits per heavy atom. The van der Waals surface area contributed by atoms with E-state index in [-0.39, 0.29) is 30.7 Å². The van der Waals surface area contributed by atoms with Gasteiger partial charge in [0.15, 0.2) is 0 Å². The van der Waals surface area contributed by atoms with Gasteiger partial charge < -0.3 is 14.6 Å². The zero-order valence-corrected chi connectivity index (χ0v) is 15.3. The number of fused-ring (bicyclic) bond motifs is 1. The molecule has 28 heavy (non-hydrogen) atoms. The molecule has 4 rings (SSSR count). The minimum atomic E-state index is -0.906. The molecule has 0 radical (unpaired) electrons. The predicted octanol–water partition coefficient (Wildman–Crippen LogP) is 3.91. The first-order chi connectivity index (χ1) is 13.5. The molecule has 1 saturated heterocycles. The van der Waals surface area contributed by atoms with Crippen LogP contribution in [0.25, 0.3) is 10.9 Å². The summed E-state index contributed by atoms with van der Waals surface area (Å²) < 4.78 is 16.1. The summed E-state index contributed by atoms with van der Waals surface area (Å²) in [6.45, 7) is 0.775. The van der Waals surface area contributed by atoms with Crippen LogP contribution in [-0.2, 0) is 11.3 Å². The number of amides is 1. The maximum atomic E-state index is 14.2. The van der Waals surface area contributed by atoms with Crippen molar-refractivity contribution in [2.24, 2.45) is 0 Å². The molecule has 0 bridgehead atoms. The van der Waals surface area contributed by atoms with Gasteiger partial charge in [0.2, 0.25) is 0 Å². The molecule has 1 amide bonds. The lowest BCUT2D eigenvalue weighted by molar-refractivity contribution is -0.137. The summed E-state index contributed by atoms with van der Waals surface area (Å²) in [7, 11) is 0. The van der Waals surface area contributed by atoms with Crippen molar-refractivity contribution in [2.45, 2.75) is 31.8 Å². The molecule has 2 heterocycles. The van der Waals surface area contributed by atoms with Crippen LogP contribution >= 0.6 is 0 Å². The number of para-hydroxylation sites is 1. The van der Waals surface area contributed by atoms with Crippen molar-refractivity contribution < 1.29 is 19.1 Å². The van der Waals surface area contributed by atoms with Crippen molar-refractivity contribution in [3.05, 3.63) is 71.7 Å². The summed E-state index contributed by atoms with van der Waals surface area (Å²) in [5, 5.41) is 10.1. The van der Waals surface area contributed by atoms with Gasteiger partial charge in [-0.2, -0.15) is 0 Å². The maximum absolute atomic E-state index is 14.2. The fourth-order valence-corrected chi connectivity index (χ4v) is 4.02. The molecule has 1 N–H and O–H groups in total. The van der Waals surface area contributed by atoms with E-state index in [1.165, 1.54) is 6.07 Å². The van der Waals surface area contributed by atoms with Crippen LogP contribution < -0.4 is 0 Å².